The van der Waals surface area contributed by atoms with Crippen LogP contribution < -0.4 is 9.80 Å². The molecule has 0 radical (unpaired) electrons. The van der Waals surface area contributed by atoms with Crippen LogP contribution in [0.1, 0.15) is 72.2 Å². The Hall–Kier alpha value is -8.98. The van der Waals surface area contributed by atoms with E-state index in [4.69, 9.17) is 0 Å². The minimum absolute atomic E-state index is 0.158. The molecular weight excluding hydrogens is 905 g/mol. The van der Waals surface area contributed by atoms with Gasteiger partial charge in [0.1, 0.15) is 0 Å². The maximum atomic E-state index is 2.51. The molecule has 0 heterocycles. The number of rotatable bonds is 9. The highest BCUT2D eigenvalue weighted by atomic mass is 15.2. The van der Waals surface area contributed by atoms with E-state index in [0.29, 0.717) is 0 Å². The van der Waals surface area contributed by atoms with E-state index >= 15 is 0 Å². The third-order valence-corrected chi connectivity index (χ3v) is 16.9. The van der Waals surface area contributed by atoms with Crippen LogP contribution in [0.5, 0.6) is 0 Å². The summed E-state index contributed by atoms with van der Waals surface area (Å²) in [6.07, 6.45) is 0. The lowest BCUT2D eigenvalue weighted by Gasteiger charge is -2.35. The largest absolute Gasteiger partial charge is 0.310 e. The minimum atomic E-state index is -0.503. The van der Waals surface area contributed by atoms with Gasteiger partial charge in [0, 0.05) is 44.8 Å². The van der Waals surface area contributed by atoms with Gasteiger partial charge < -0.3 is 9.80 Å². The summed E-state index contributed by atoms with van der Waals surface area (Å²) in [5.74, 6) is 0. The number of benzene rings is 11. The van der Waals surface area contributed by atoms with Crippen LogP contribution in [-0.4, -0.2) is 0 Å². The highest BCUT2D eigenvalue weighted by molar-refractivity contribution is 5.96. The van der Waals surface area contributed by atoms with Crippen LogP contribution in [0.15, 0.2) is 267 Å². The van der Waals surface area contributed by atoms with Gasteiger partial charge in [-0.15, -0.1) is 0 Å². The zero-order valence-corrected chi connectivity index (χ0v) is 42.8. The molecule has 14 rings (SSSR count). The maximum Gasteiger partial charge on any atom is 0.0713 e. The number of hydrogen-bond acceptors (Lipinski definition) is 2. The van der Waals surface area contributed by atoms with Crippen LogP contribution in [0.2, 0.25) is 0 Å². The second kappa shape index (κ2) is 17.0. The van der Waals surface area contributed by atoms with E-state index in [-0.39, 0.29) is 10.8 Å². The van der Waals surface area contributed by atoms with Crippen LogP contribution in [0.3, 0.4) is 0 Å². The topological polar surface area (TPSA) is 6.48 Å². The van der Waals surface area contributed by atoms with Crippen molar-refractivity contribution in [2.24, 2.45) is 0 Å². The molecule has 0 aliphatic heterocycles. The molecular formula is C73H56N2. The Balaban J connectivity index is 0.969. The van der Waals surface area contributed by atoms with Gasteiger partial charge in [0.2, 0.25) is 0 Å². The summed E-state index contributed by atoms with van der Waals surface area (Å²) in [6.45, 7) is 9.49. The van der Waals surface area contributed by atoms with E-state index in [9.17, 15) is 0 Å². The van der Waals surface area contributed by atoms with E-state index in [1.807, 2.05) is 0 Å². The molecule has 0 saturated heterocycles. The Labute approximate surface area is 441 Å². The van der Waals surface area contributed by atoms with Crippen molar-refractivity contribution >= 4 is 34.1 Å². The fourth-order valence-corrected chi connectivity index (χ4v) is 13.4. The van der Waals surface area contributed by atoms with Gasteiger partial charge in [-0.1, -0.05) is 234 Å². The summed E-state index contributed by atoms with van der Waals surface area (Å²) in [5.41, 5.74) is 26.4. The van der Waals surface area contributed by atoms with Crippen molar-refractivity contribution in [2.75, 3.05) is 9.80 Å². The van der Waals surface area contributed by atoms with Gasteiger partial charge in [-0.25, -0.2) is 0 Å². The average Bonchev–Trinajstić information content (AvgIpc) is 4.02. The maximum absolute atomic E-state index is 2.51. The van der Waals surface area contributed by atoms with Crippen LogP contribution in [0, 0.1) is 0 Å². The molecule has 0 atom stereocenters. The van der Waals surface area contributed by atoms with Crippen molar-refractivity contribution in [1.29, 1.82) is 0 Å². The van der Waals surface area contributed by atoms with Crippen molar-refractivity contribution in [3.8, 4) is 44.5 Å². The Morgan fingerprint density at radius 2 is 0.667 bits per heavy atom. The van der Waals surface area contributed by atoms with Gasteiger partial charge >= 0.3 is 0 Å². The molecule has 0 spiro atoms. The smallest absolute Gasteiger partial charge is 0.0713 e. The summed E-state index contributed by atoms with van der Waals surface area (Å²) in [6, 6.07) is 99.5. The van der Waals surface area contributed by atoms with Gasteiger partial charge in [0.05, 0.1) is 11.1 Å². The summed E-state index contributed by atoms with van der Waals surface area (Å²) in [5, 5.41) is 0. The second-order valence-electron chi connectivity index (χ2n) is 21.6. The van der Waals surface area contributed by atoms with E-state index in [0.717, 1.165) is 34.1 Å². The zero-order valence-electron chi connectivity index (χ0n) is 42.8. The third kappa shape index (κ3) is 6.72. The predicted octanol–water partition coefficient (Wildman–Crippen LogP) is 19.3. The molecule has 0 saturated carbocycles. The van der Waals surface area contributed by atoms with Crippen LogP contribution >= 0.6 is 0 Å². The molecule has 11 aromatic carbocycles. The standard InChI is InChI=1S/C73H56N2/c1-71(2)64-32-16-14-30-62(64)70-67(71)35-20-36-69(70)75(54-43-39-52(40-44-54)73(51-23-9-6-10-24-51)65-33-17-12-28-59(65)60-29-13-18-34-66(60)73)56-26-19-25-55(47-56)74(53-41-37-50(38-42-53)49-21-7-5-8-22-49)57-45-46-61-58-27-11-15-31-63(58)72(3,4)68(61)48-57/h5-48H,1-4H3. The van der Waals surface area contributed by atoms with Gasteiger partial charge in [-0.05, 0) is 144 Å². The molecule has 0 N–H and O–H groups in total. The van der Waals surface area contributed by atoms with Gasteiger partial charge in [0.15, 0.2) is 0 Å². The molecule has 358 valence electrons. The normalized spacial score (nSPS) is 14.5. The van der Waals surface area contributed by atoms with Crippen LogP contribution in [-0.2, 0) is 16.2 Å². The lowest BCUT2D eigenvalue weighted by atomic mass is 9.68. The molecule has 2 nitrogen and oxygen atoms in total. The number of nitrogens with zero attached hydrogens (tertiary/aromatic N) is 2. The van der Waals surface area contributed by atoms with Crippen LogP contribution in [0.4, 0.5) is 34.1 Å². The molecule has 0 bridgehead atoms. The summed E-state index contributed by atoms with van der Waals surface area (Å²) >= 11 is 0. The minimum Gasteiger partial charge on any atom is -0.310 e. The van der Waals surface area contributed by atoms with Crippen molar-refractivity contribution in [2.45, 2.75) is 43.9 Å². The summed E-state index contributed by atoms with van der Waals surface area (Å²) in [7, 11) is 0. The lowest BCUT2D eigenvalue weighted by Crippen LogP contribution is -2.28. The molecule has 0 amide bonds. The summed E-state index contributed by atoms with van der Waals surface area (Å²) < 4.78 is 0. The molecule has 2 heteroatoms. The van der Waals surface area contributed by atoms with Gasteiger partial charge in [-0.3, -0.25) is 0 Å². The molecule has 3 aliphatic carbocycles. The Morgan fingerprint density at radius 1 is 0.253 bits per heavy atom. The molecule has 75 heavy (non-hydrogen) atoms. The monoisotopic (exact) mass is 960 g/mol. The third-order valence-electron chi connectivity index (χ3n) is 16.9. The molecule has 11 aromatic rings. The predicted molar refractivity (Wildman–Crippen MR) is 314 cm³/mol. The number of hydrogen-bond donors (Lipinski definition) is 0. The van der Waals surface area contributed by atoms with Gasteiger partial charge in [0.25, 0.3) is 0 Å². The molecule has 0 unspecified atom stereocenters. The highest BCUT2D eigenvalue weighted by Crippen LogP contribution is 2.58. The van der Waals surface area contributed by atoms with E-state index in [1.165, 1.54) is 89.0 Å². The SMILES string of the molecule is CC1(C)c2ccccc2-c2ccc(N(c3ccc(-c4ccccc4)cc3)c3cccc(N(c4ccc(C5(c6ccccc6)c6ccccc6-c6ccccc65)cc4)c4cccc5c4-c4ccccc4C5(C)C)c3)cc21. The van der Waals surface area contributed by atoms with E-state index in [2.05, 4.69) is 304 Å². The lowest BCUT2D eigenvalue weighted by molar-refractivity contribution is 0.660. The molecule has 0 fully saturated rings. The zero-order chi connectivity index (χ0) is 50.5. The second-order valence-corrected chi connectivity index (χ2v) is 21.6. The van der Waals surface area contributed by atoms with Crippen molar-refractivity contribution in [3.63, 3.8) is 0 Å². The first-order valence-corrected chi connectivity index (χ1v) is 26.4. The average molecular weight is 961 g/mol. The van der Waals surface area contributed by atoms with Crippen LogP contribution in [0.25, 0.3) is 44.5 Å². The quantitative estimate of drug-likeness (QED) is 0.142. The first-order chi connectivity index (χ1) is 36.7. The first kappa shape index (κ1) is 44.7. The fourth-order valence-electron chi connectivity index (χ4n) is 13.4. The fraction of sp³-hybridized carbons (Fsp3) is 0.0959. The van der Waals surface area contributed by atoms with Crippen molar-refractivity contribution in [3.05, 3.63) is 311 Å². The Morgan fingerprint density at radius 3 is 1.32 bits per heavy atom. The van der Waals surface area contributed by atoms with Gasteiger partial charge in [-0.2, -0.15) is 0 Å². The Kier molecular flexibility index (Phi) is 10.2. The highest BCUT2D eigenvalue weighted by Gasteiger charge is 2.46. The first-order valence-electron chi connectivity index (χ1n) is 26.4. The van der Waals surface area contributed by atoms with E-state index < -0.39 is 5.41 Å². The summed E-state index contributed by atoms with van der Waals surface area (Å²) in [4.78, 5) is 4.96. The Bertz CT molecular complexity index is 3950. The number of fused-ring (bicyclic) bond motifs is 9. The molecule has 0 aromatic heterocycles. The number of anilines is 6. The van der Waals surface area contributed by atoms with E-state index in [1.54, 1.807) is 0 Å². The van der Waals surface area contributed by atoms with Crippen molar-refractivity contribution < 1.29 is 0 Å². The van der Waals surface area contributed by atoms with Crippen molar-refractivity contribution in [1.82, 2.24) is 0 Å². The molecule has 3 aliphatic rings.